The summed E-state index contributed by atoms with van der Waals surface area (Å²) in [6, 6.07) is 0. The van der Waals surface area contributed by atoms with Gasteiger partial charge < -0.3 is 50.5 Å². The molecule has 4 nitrogen and oxygen atoms in total. The molecule has 13 heavy (non-hydrogen) atoms. The molecular weight excluding hydrogens is 284 g/mol. The minimum absolute atomic E-state index is 0. The van der Waals surface area contributed by atoms with E-state index in [0.717, 1.165) is 0 Å². The summed E-state index contributed by atoms with van der Waals surface area (Å²) < 4.78 is 0. The monoisotopic (exact) mass is 284 g/mol. The van der Waals surface area contributed by atoms with Crippen molar-refractivity contribution in [3.63, 3.8) is 0 Å². The van der Waals surface area contributed by atoms with Crippen LogP contribution >= 0.6 is 0 Å². The van der Waals surface area contributed by atoms with Crippen LogP contribution in [-0.4, -0.2) is 0 Å². The molecule has 0 spiro atoms. The first kappa shape index (κ1) is 29.4. The number of hydrogen-bond donors (Lipinski definition) is 0. The minimum atomic E-state index is 0. The van der Waals surface area contributed by atoms with Crippen LogP contribution in [0, 0.1) is 42.7 Å². The second-order valence-corrected chi connectivity index (χ2v) is 1.10. The van der Waals surface area contributed by atoms with Gasteiger partial charge in [0.2, 0.25) is 0 Å². The topological polar surface area (TPSA) is 95.2 Å². The molecule has 0 aromatic heterocycles. The van der Waals surface area contributed by atoms with E-state index in [4.69, 9.17) is 21.0 Å². The van der Waals surface area contributed by atoms with Crippen LogP contribution < -0.4 is 0 Å². The van der Waals surface area contributed by atoms with Gasteiger partial charge in [-0.25, -0.2) is 21.0 Å². The van der Waals surface area contributed by atoms with Crippen LogP contribution in [0.15, 0.2) is 0 Å². The largest absolute Gasteiger partial charge is 3.00 e. The average molecular weight is 284 g/mol. The maximum atomic E-state index is 7.13. The van der Waals surface area contributed by atoms with E-state index >= 15 is 0 Å². The molecule has 0 saturated carbocycles. The van der Waals surface area contributed by atoms with Crippen molar-refractivity contribution in [1.82, 2.24) is 0 Å². The van der Waals surface area contributed by atoms with Gasteiger partial charge in [-0.15, -0.1) is 0 Å². The molecule has 0 saturated heterocycles. The Labute approximate surface area is 110 Å². The Morgan fingerprint density at radius 1 is 0.538 bits per heavy atom. The molecule has 0 aromatic carbocycles. The van der Waals surface area contributed by atoms with Gasteiger partial charge in [0.1, 0.15) is 0 Å². The van der Waals surface area contributed by atoms with Crippen LogP contribution in [0.3, 0.4) is 0 Å². The van der Waals surface area contributed by atoms with E-state index < -0.39 is 0 Å². The molecule has 0 fully saturated rings. The summed E-state index contributed by atoms with van der Waals surface area (Å²) in [4.78, 5) is 0. The maximum Gasteiger partial charge on any atom is 3.00 e. The van der Waals surface area contributed by atoms with E-state index in [2.05, 4.69) is 50.5 Å². The summed E-state index contributed by atoms with van der Waals surface area (Å²) in [6.45, 7) is 0. The first-order valence-corrected chi connectivity index (χ1v) is 3.34. The van der Waals surface area contributed by atoms with Crippen molar-refractivity contribution in [2.24, 2.45) is 0 Å². The Hall–Kier alpha value is -0.628. The van der Waals surface area contributed by atoms with E-state index in [1.54, 1.807) is 0 Å². The molecule has 0 aliphatic carbocycles. The molecule has 9 heteroatoms. The van der Waals surface area contributed by atoms with E-state index in [9.17, 15) is 0 Å². The van der Waals surface area contributed by atoms with Gasteiger partial charge in [-0.05, 0) is 0 Å². The number of hydrogen-bond acceptors (Lipinski definition) is 8. The number of nitriles is 4. The van der Waals surface area contributed by atoms with Crippen molar-refractivity contribution in [3.8, 4) is 21.6 Å². The van der Waals surface area contributed by atoms with Crippen molar-refractivity contribution in [3.05, 3.63) is 0 Å². The van der Waals surface area contributed by atoms with Gasteiger partial charge in [-0.1, -0.05) is 21.6 Å². The Balaban J connectivity index is -0.0000000213. The number of rotatable bonds is 0. The second kappa shape index (κ2) is 108. The Morgan fingerprint density at radius 3 is 0.538 bits per heavy atom. The summed E-state index contributed by atoms with van der Waals surface area (Å²) in [7, 11) is 0. The van der Waals surface area contributed by atoms with Crippen LogP contribution in [0.4, 0.5) is 0 Å². The van der Waals surface area contributed by atoms with Crippen LogP contribution in [0.2, 0.25) is 0 Å². The van der Waals surface area contributed by atoms with Crippen LogP contribution in [0.1, 0.15) is 0 Å². The Bertz CT molecular complexity index is 158. The van der Waals surface area contributed by atoms with Crippen LogP contribution in [0.25, 0.3) is 0 Å². The van der Waals surface area contributed by atoms with Crippen molar-refractivity contribution in [2.45, 2.75) is 0 Å². The molecule has 0 heterocycles. The van der Waals surface area contributed by atoms with Crippen LogP contribution in [-0.2, 0) is 67.9 Å². The van der Waals surface area contributed by atoms with Gasteiger partial charge in [0.15, 0.2) is 0 Å². The molecule has 0 rings (SSSR count). The smallest absolute Gasteiger partial charge is 0.696 e. The molecule has 0 aromatic rings. The summed E-state index contributed by atoms with van der Waals surface area (Å²) in [5.41, 5.74) is 0. The quantitative estimate of drug-likeness (QED) is 0.455. The fourth-order valence-corrected chi connectivity index (χ4v) is 0. The first-order chi connectivity index (χ1) is 5.66. The number of thiocyanates is 4. The Morgan fingerprint density at radius 2 is 0.538 bits per heavy atom. The fraction of sp³-hybridized carbons (Fsp3) is 0. The van der Waals surface area contributed by atoms with Gasteiger partial charge in [0, 0.05) is 0 Å². The van der Waals surface area contributed by atoms with E-state index in [-0.39, 0.29) is 17.4 Å². The SMILES string of the molecule is N#C[S-].N#C[S-].N#C[S-].N#C[S-].[Cr+3]. The summed E-state index contributed by atoms with van der Waals surface area (Å²) in [6.07, 6.45) is 0. The predicted molar refractivity (Wildman–Crippen MR) is 51.9 cm³/mol. The zero-order valence-corrected chi connectivity index (χ0v) is 10.4. The van der Waals surface area contributed by atoms with Gasteiger partial charge in [0.05, 0.1) is 0 Å². The molecule has 0 bridgehead atoms. The third-order valence-electron chi connectivity index (χ3n) is 0. The molecule has 67 valence electrons. The summed E-state index contributed by atoms with van der Waals surface area (Å²) in [5, 5.41) is 33.9. The zero-order valence-electron chi connectivity index (χ0n) is 5.83. The van der Waals surface area contributed by atoms with Crippen LogP contribution in [0.5, 0.6) is 0 Å². The van der Waals surface area contributed by atoms with Crippen molar-refractivity contribution in [2.75, 3.05) is 0 Å². The van der Waals surface area contributed by atoms with Crippen molar-refractivity contribution in [1.29, 1.82) is 21.0 Å². The fourth-order valence-electron chi connectivity index (χ4n) is 0. The number of nitrogens with zero attached hydrogens (tertiary/aromatic N) is 4. The Kier molecular flexibility index (Phi) is 244. The molecule has 0 N–H and O–H groups in total. The van der Waals surface area contributed by atoms with Gasteiger partial charge >= 0.3 is 17.4 Å². The molecule has 0 atom stereocenters. The van der Waals surface area contributed by atoms with E-state index in [1.807, 2.05) is 0 Å². The summed E-state index contributed by atoms with van der Waals surface area (Å²) >= 11 is 14.8. The molecular formula is C4CrN4S4-. The normalized spacial score (nSPS) is 2.15. The van der Waals surface area contributed by atoms with Gasteiger partial charge in [-0.2, -0.15) is 0 Å². The van der Waals surface area contributed by atoms with Crippen molar-refractivity contribution < 1.29 is 17.4 Å². The third-order valence-corrected chi connectivity index (χ3v) is 0. The third kappa shape index (κ3) is 2540. The second-order valence-electron chi connectivity index (χ2n) is 0.365. The van der Waals surface area contributed by atoms with E-state index in [1.165, 1.54) is 21.6 Å². The van der Waals surface area contributed by atoms with Gasteiger partial charge in [-0.3, -0.25) is 0 Å². The van der Waals surface area contributed by atoms with Crippen molar-refractivity contribution >= 4 is 50.5 Å². The first-order valence-electron chi connectivity index (χ1n) is 1.71. The molecule has 0 aliphatic rings. The minimum Gasteiger partial charge on any atom is -0.696 e. The summed E-state index contributed by atoms with van der Waals surface area (Å²) in [5.74, 6) is 0. The zero-order chi connectivity index (χ0) is 10.8. The average Bonchev–Trinajstić information content (AvgIpc) is 1.92. The van der Waals surface area contributed by atoms with E-state index in [0.29, 0.717) is 0 Å². The molecule has 0 unspecified atom stereocenters. The molecule has 0 amide bonds. The molecule has 1 radical (unpaired) electrons. The predicted octanol–water partition coefficient (Wildman–Crippen LogP) is 0.0550. The standard InChI is InChI=1S/4CHNS.Cr/c4*2-1-3;/h4*3H;/q;;;;+3/p-4. The van der Waals surface area contributed by atoms with Gasteiger partial charge in [0.25, 0.3) is 0 Å². The molecule has 0 aliphatic heterocycles. The maximum absolute atomic E-state index is 7.13.